The van der Waals surface area contributed by atoms with Crippen LogP contribution in [0.5, 0.6) is 0 Å². The number of nitrogens with one attached hydrogen (secondary N) is 1. The second-order valence-corrected chi connectivity index (χ2v) is 10.2. The standard InChI is InChI=1S/C20H30N4O9S/c1-7-32-17(25)13-22(5)18(26)14(21-19(27)33-20(2,3)4)12-23(6)34(30,31)16-11-9-8-10-15(16)24(28)29/h8-11,14H,7,12-13H2,1-6H3,(H,21,27). The Morgan fingerprint density at radius 3 is 2.29 bits per heavy atom. The molecule has 0 saturated heterocycles. The fraction of sp³-hybridized carbons (Fsp3) is 0.550. The van der Waals surface area contributed by atoms with Crippen molar-refractivity contribution < 1.29 is 37.2 Å². The summed E-state index contributed by atoms with van der Waals surface area (Å²) in [5.74, 6) is -1.50. The Labute approximate surface area is 198 Å². The average molecular weight is 503 g/mol. The van der Waals surface area contributed by atoms with Crippen molar-refractivity contribution in [1.82, 2.24) is 14.5 Å². The van der Waals surface area contributed by atoms with Crippen LogP contribution in [-0.4, -0.2) is 86.0 Å². The van der Waals surface area contributed by atoms with E-state index in [9.17, 15) is 32.9 Å². The van der Waals surface area contributed by atoms with Gasteiger partial charge in [0.2, 0.25) is 15.9 Å². The molecule has 1 rings (SSSR count). The molecule has 0 saturated carbocycles. The van der Waals surface area contributed by atoms with Crippen molar-refractivity contribution in [3.8, 4) is 0 Å². The summed E-state index contributed by atoms with van der Waals surface area (Å²) in [4.78, 5) is 47.9. The van der Waals surface area contributed by atoms with Crippen LogP contribution in [0, 0.1) is 10.1 Å². The van der Waals surface area contributed by atoms with Crippen LogP contribution in [0.15, 0.2) is 29.2 Å². The third kappa shape index (κ3) is 8.26. The average Bonchev–Trinajstić information content (AvgIpc) is 2.71. The highest BCUT2D eigenvalue weighted by Gasteiger charge is 2.35. The number of nitrogens with zero attached hydrogens (tertiary/aromatic N) is 3. The largest absolute Gasteiger partial charge is 0.465 e. The van der Waals surface area contributed by atoms with Crippen LogP contribution in [0.1, 0.15) is 27.7 Å². The molecule has 1 N–H and O–H groups in total. The molecule has 14 heteroatoms. The molecule has 0 fully saturated rings. The molecule has 0 spiro atoms. The molecule has 0 radical (unpaired) electrons. The minimum atomic E-state index is -4.43. The predicted molar refractivity (Wildman–Crippen MR) is 120 cm³/mol. The lowest BCUT2D eigenvalue weighted by atomic mass is 10.2. The van der Waals surface area contributed by atoms with Crippen molar-refractivity contribution in [2.75, 3.05) is 33.8 Å². The lowest BCUT2D eigenvalue weighted by Gasteiger charge is -2.28. The highest BCUT2D eigenvalue weighted by Crippen LogP contribution is 2.25. The van der Waals surface area contributed by atoms with E-state index in [-0.39, 0.29) is 6.61 Å². The van der Waals surface area contributed by atoms with Crippen LogP contribution in [0.4, 0.5) is 10.5 Å². The van der Waals surface area contributed by atoms with Gasteiger partial charge >= 0.3 is 12.1 Å². The molecule has 0 aliphatic carbocycles. The third-order valence-electron chi connectivity index (χ3n) is 4.23. The van der Waals surface area contributed by atoms with E-state index in [1.165, 1.54) is 19.2 Å². The van der Waals surface area contributed by atoms with Crippen molar-refractivity contribution in [1.29, 1.82) is 0 Å². The van der Waals surface area contributed by atoms with E-state index in [2.05, 4.69) is 5.32 Å². The zero-order chi connectivity index (χ0) is 26.3. The number of para-hydroxylation sites is 1. The molecule has 0 heterocycles. The highest BCUT2D eigenvalue weighted by molar-refractivity contribution is 7.89. The molecule has 0 bridgehead atoms. The SMILES string of the molecule is CCOC(=O)CN(C)C(=O)C(CN(C)S(=O)(=O)c1ccccc1[N+](=O)[O-])NC(=O)OC(C)(C)C. The fourth-order valence-electron chi connectivity index (χ4n) is 2.73. The van der Waals surface area contributed by atoms with Crippen molar-refractivity contribution >= 4 is 33.7 Å². The van der Waals surface area contributed by atoms with E-state index in [1.54, 1.807) is 27.7 Å². The Kier molecular flexibility index (Phi) is 9.94. The number of alkyl carbamates (subject to hydrolysis) is 1. The number of nitro groups is 1. The minimum Gasteiger partial charge on any atom is -0.465 e. The van der Waals surface area contributed by atoms with Crippen molar-refractivity contribution in [3.05, 3.63) is 34.4 Å². The normalized spacial score (nSPS) is 12.6. The third-order valence-corrected chi connectivity index (χ3v) is 6.10. The summed E-state index contributed by atoms with van der Waals surface area (Å²) in [6, 6.07) is 3.27. The van der Waals surface area contributed by atoms with Gasteiger partial charge in [0, 0.05) is 26.7 Å². The second kappa shape index (κ2) is 11.7. The number of carbonyl (C=O) groups is 3. The summed E-state index contributed by atoms with van der Waals surface area (Å²) < 4.78 is 36.7. The number of nitro benzene ring substituents is 1. The number of rotatable bonds is 10. The van der Waals surface area contributed by atoms with Gasteiger partial charge in [0.05, 0.1) is 11.5 Å². The van der Waals surface area contributed by atoms with Crippen molar-refractivity contribution in [2.24, 2.45) is 0 Å². The maximum atomic E-state index is 13.0. The Morgan fingerprint density at radius 1 is 1.18 bits per heavy atom. The number of amides is 2. The first kappa shape index (κ1) is 28.8. The van der Waals surface area contributed by atoms with Crippen LogP contribution in [0.3, 0.4) is 0 Å². The quantitative estimate of drug-likeness (QED) is 0.280. The van der Waals surface area contributed by atoms with E-state index in [0.717, 1.165) is 24.1 Å². The van der Waals surface area contributed by atoms with Crippen LogP contribution in [0.25, 0.3) is 0 Å². The molecular formula is C20H30N4O9S. The van der Waals surface area contributed by atoms with Gasteiger partial charge in [-0.1, -0.05) is 12.1 Å². The van der Waals surface area contributed by atoms with Gasteiger partial charge in [-0.25, -0.2) is 13.2 Å². The number of hydrogen-bond acceptors (Lipinski definition) is 9. The Morgan fingerprint density at radius 2 is 1.76 bits per heavy atom. The van der Waals surface area contributed by atoms with Gasteiger partial charge < -0.3 is 19.7 Å². The van der Waals surface area contributed by atoms with Crippen molar-refractivity contribution in [3.63, 3.8) is 0 Å². The molecule has 1 aromatic carbocycles. The highest BCUT2D eigenvalue weighted by atomic mass is 32.2. The smallest absolute Gasteiger partial charge is 0.408 e. The first-order valence-electron chi connectivity index (χ1n) is 10.2. The zero-order valence-electron chi connectivity index (χ0n) is 19.9. The van der Waals surface area contributed by atoms with Crippen molar-refractivity contribution in [2.45, 2.75) is 44.2 Å². The molecule has 0 aromatic heterocycles. The van der Waals surface area contributed by atoms with Crippen LogP contribution in [-0.2, 0) is 29.1 Å². The zero-order valence-corrected chi connectivity index (χ0v) is 20.7. The molecule has 190 valence electrons. The number of hydrogen-bond donors (Lipinski definition) is 1. The first-order chi connectivity index (χ1) is 15.6. The maximum absolute atomic E-state index is 13.0. The Balaban J connectivity index is 3.23. The van der Waals surface area contributed by atoms with Gasteiger partial charge in [0.1, 0.15) is 18.2 Å². The molecule has 34 heavy (non-hydrogen) atoms. The lowest BCUT2D eigenvalue weighted by Crippen LogP contribution is -2.54. The summed E-state index contributed by atoms with van der Waals surface area (Å²) in [6.45, 7) is 5.44. The van der Waals surface area contributed by atoms with Gasteiger partial charge in [0.15, 0.2) is 4.90 Å². The van der Waals surface area contributed by atoms with Crippen LogP contribution >= 0.6 is 0 Å². The Bertz CT molecular complexity index is 1020. The molecule has 0 aliphatic heterocycles. The lowest BCUT2D eigenvalue weighted by molar-refractivity contribution is -0.387. The van der Waals surface area contributed by atoms with Gasteiger partial charge in [-0.3, -0.25) is 19.7 Å². The first-order valence-corrected chi connectivity index (χ1v) is 11.6. The van der Waals surface area contributed by atoms with E-state index in [0.29, 0.717) is 4.31 Å². The Hall–Kier alpha value is -3.26. The van der Waals surface area contributed by atoms with E-state index < -0.39 is 68.2 Å². The minimum absolute atomic E-state index is 0.0945. The summed E-state index contributed by atoms with van der Waals surface area (Å²) >= 11 is 0. The van der Waals surface area contributed by atoms with Crippen LogP contribution < -0.4 is 5.32 Å². The number of carbonyl (C=O) groups excluding carboxylic acids is 3. The molecule has 1 unspecified atom stereocenters. The molecule has 13 nitrogen and oxygen atoms in total. The van der Waals surface area contributed by atoms with Gasteiger partial charge in [-0.2, -0.15) is 4.31 Å². The van der Waals surface area contributed by atoms with Gasteiger partial charge in [-0.05, 0) is 33.8 Å². The maximum Gasteiger partial charge on any atom is 0.408 e. The van der Waals surface area contributed by atoms with Crippen LogP contribution in [0.2, 0.25) is 0 Å². The van der Waals surface area contributed by atoms with Gasteiger partial charge in [0.25, 0.3) is 5.69 Å². The van der Waals surface area contributed by atoms with E-state index in [4.69, 9.17) is 9.47 Å². The second-order valence-electron chi connectivity index (χ2n) is 8.21. The summed E-state index contributed by atoms with van der Waals surface area (Å²) in [5, 5.41) is 13.6. The molecular weight excluding hydrogens is 472 g/mol. The molecule has 2 amide bonds. The summed E-state index contributed by atoms with van der Waals surface area (Å²) in [7, 11) is -2.05. The molecule has 0 aliphatic rings. The fourth-order valence-corrected chi connectivity index (χ4v) is 4.07. The predicted octanol–water partition coefficient (Wildman–Crippen LogP) is 1.13. The number of sulfonamides is 1. The number of benzene rings is 1. The summed E-state index contributed by atoms with van der Waals surface area (Å²) in [5.41, 5.74) is -1.55. The molecule has 1 atom stereocenters. The number of esters is 1. The summed E-state index contributed by atoms with van der Waals surface area (Å²) in [6.07, 6.45) is -0.994. The molecule has 1 aromatic rings. The topological polar surface area (TPSA) is 165 Å². The number of likely N-dealkylation sites (N-methyl/N-ethyl adjacent to an activating group) is 2. The number of ether oxygens (including phenoxy) is 2. The monoisotopic (exact) mass is 502 g/mol. The van der Waals surface area contributed by atoms with Gasteiger partial charge in [-0.15, -0.1) is 0 Å². The van der Waals surface area contributed by atoms with E-state index in [1.807, 2.05) is 0 Å². The van der Waals surface area contributed by atoms with E-state index >= 15 is 0 Å².